The van der Waals surface area contributed by atoms with Gasteiger partial charge in [-0.25, -0.2) is 4.98 Å². The minimum absolute atomic E-state index is 0. The van der Waals surface area contributed by atoms with Crippen LogP contribution in [0.4, 0.5) is 5.13 Å². The van der Waals surface area contributed by atoms with Crippen LogP contribution in [-0.4, -0.2) is 50.1 Å². The van der Waals surface area contributed by atoms with Crippen molar-refractivity contribution in [1.29, 1.82) is 0 Å². The van der Waals surface area contributed by atoms with Crippen molar-refractivity contribution >= 4 is 45.0 Å². The molecule has 1 amide bonds. The summed E-state index contributed by atoms with van der Waals surface area (Å²) in [5.41, 5.74) is 1.30. The van der Waals surface area contributed by atoms with Crippen LogP contribution in [0, 0.1) is 0 Å². The molecular weight excluding hydrogens is 458 g/mol. The zero-order valence-corrected chi connectivity index (χ0v) is 20.4. The number of anilines is 1. The Morgan fingerprint density at radius 3 is 2.39 bits per heavy atom. The molecule has 0 aliphatic rings. The molecule has 0 unspecified atom stereocenters. The lowest BCUT2D eigenvalue weighted by Gasteiger charge is -2.23. The number of likely N-dealkylation sites (N-methyl/N-ethyl adjacent to an activating group) is 1. The number of methoxy groups -OCH3 is 1. The Hall–Kier alpha value is -3.13. The molecule has 0 saturated heterocycles. The normalized spacial score (nSPS) is 10.7. The highest BCUT2D eigenvalue weighted by atomic mass is 35.5. The summed E-state index contributed by atoms with van der Waals surface area (Å²) in [6.07, 6.45) is 0. The first-order valence-corrected chi connectivity index (χ1v) is 11.1. The van der Waals surface area contributed by atoms with Gasteiger partial charge >= 0.3 is 0 Å². The van der Waals surface area contributed by atoms with Crippen LogP contribution >= 0.6 is 23.7 Å². The quantitative estimate of drug-likeness (QED) is 0.320. The predicted molar refractivity (Wildman–Crippen MR) is 137 cm³/mol. The molecule has 0 aliphatic carbocycles. The second kappa shape index (κ2) is 11.1. The molecule has 0 aliphatic heterocycles. The van der Waals surface area contributed by atoms with Gasteiger partial charge in [-0.15, -0.1) is 12.4 Å². The van der Waals surface area contributed by atoms with Crippen molar-refractivity contribution in [2.45, 2.75) is 0 Å². The maximum atomic E-state index is 13.7. The summed E-state index contributed by atoms with van der Waals surface area (Å²) >= 11 is 1.49. The maximum Gasteiger partial charge on any atom is 0.263 e. The standard InChI is InChI=1S/C25H25N3O3S.ClH/c1-27(2)15-16-28(25-26-21-17-19(30-3)13-14-23(21)32-25)24(29)20-11-7-8-12-22(20)31-18-9-5-4-6-10-18;/h4-14,17H,15-16H2,1-3H3;1H. The number of carbonyl (C=O) groups is 1. The smallest absolute Gasteiger partial charge is 0.263 e. The Morgan fingerprint density at radius 2 is 1.67 bits per heavy atom. The molecule has 6 nitrogen and oxygen atoms in total. The summed E-state index contributed by atoms with van der Waals surface area (Å²) < 4.78 is 12.4. The highest BCUT2D eigenvalue weighted by molar-refractivity contribution is 7.22. The van der Waals surface area contributed by atoms with E-state index in [1.165, 1.54) is 11.3 Å². The van der Waals surface area contributed by atoms with Crippen molar-refractivity contribution in [3.63, 3.8) is 0 Å². The highest BCUT2D eigenvalue weighted by Crippen LogP contribution is 2.33. The van der Waals surface area contributed by atoms with Gasteiger partial charge in [0.05, 0.1) is 22.9 Å². The Kier molecular flexibility index (Phi) is 8.27. The zero-order chi connectivity index (χ0) is 22.5. The van der Waals surface area contributed by atoms with Crippen LogP contribution in [-0.2, 0) is 0 Å². The summed E-state index contributed by atoms with van der Waals surface area (Å²) in [5, 5.41) is 0.648. The van der Waals surface area contributed by atoms with E-state index in [1.807, 2.05) is 85.7 Å². The second-order valence-corrected chi connectivity index (χ2v) is 8.51. The Morgan fingerprint density at radius 1 is 0.939 bits per heavy atom. The van der Waals surface area contributed by atoms with Gasteiger partial charge in [-0.2, -0.15) is 0 Å². The van der Waals surface area contributed by atoms with Crippen molar-refractivity contribution in [2.75, 3.05) is 39.2 Å². The van der Waals surface area contributed by atoms with E-state index in [0.29, 0.717) is 35.3 Å². The molecule has 0 radical (unpaired) electrons. The first-order chi connectivity index (χ1) is 15.5. The van der Waals surface area contributed by atoms with Crippen LogP contribution in [0.1, 0.15) is 10.4 Å². The molecule has 33 heavy (non-hydrogen) atoms. The topological polar surface area (TPSA) is 54.9 Å². The number of para-hydroxylation sites is 2. The molecule has 8 heteroatoms. The predicted octanol–water partition coefficient (Wildman–Crippen LogP) is 5.73. The van der Waals surface area contributed by atoms with Crippen molar-refractivity contribution in [3.05, 3.63) is 78.4 Å². The fraction of sp³-hybridized carbons (Fsp3) is 0.200. The van der Waals surface area contributed by atoms with E-state index in [-0.39, 0.29) is 18.3 Å². The summed E-state index contributed by atoms with van der Waals surface area (Å²) in [6.45, 7) is 1.20. The number of nitrogens with zero attached hydrogens (tertiary/aromatic N) is 3. The van der Waals surface area contributed by atoms with Gasteiger partial charge in [-0.05, 0) is 50.5 Å². The second-order valence-electron chi connectivity index (χ2n) is 7.50. The van der Waals surface area contributed by atoms with Crippen LogP contribution in [0.5, 0.6) is 17.2 Å². The minimum Gasteiger partial charge on any atom is -0.497 e. The third-order valence-corrected chi connectivity index (χ3v) is 5.98. The number of halogens is 1. The molecule has 0 spiro atoms. The van der Waals surface area contributed by atoms with Crippen LogP contribution in [0.25, 0.3) is 10.2 Å². The van der Waals surface area contributed by atoms with E-state index in [9.17, 15) is 4.79 Å². The molecule has 0 atom stereocenters. The lowest BCUT2D eigenvalue weighted by molar-refractivity contribution is 0.0983. The molecule has 0 fully saturated rings. The first kappa shape index (κ1) is 24.5. The SMILES string of the molecule is COc1ccc2sc(N(CCN(C)C)C(=O)c3ccccc3Oc3ccccc3)nc2c1.Cl. The van der Waals surface area contributed by atoms with Crippen LogP contribution in [0.3, 0.4) is 0 Å². The summed E-state index contributed by atoms with van der Waals surface area (Å²) in [5.74, 6) is 1.78. The van der Waals surface area contributed by atoms with E-state index in [2.05, 4.69) is 0 Å². The Bertz CT molecular complexity index is 1210. The maximum absolute atomic E-state index is 13.7. The number of thiazole rings is 1. The van der Waals surface area contributed by atoms with E-state index in [4.69, 9.17) is 14.5 Å². The number of ether oxygens (including phenoxy) is 2. The molecule has 1 heterocycles. The third-order valence-electron chi connectivity index (χ3n) is 4.92. The zero-order valence-electron chi connectivity index (χ0n) is 18.7. The van der Waals surface area contributed by atoms with Crippen molar-refractivity contribution < 1.29 is 14.3 Å². The molecule has 3 aromatic carbocycles. The molecule has 4 rings (SSSR count). The van der Waals surface area contributed by atoms with Crippen molar-refractivity contribution in [2.24, 2.45) is 0 Å². The number of carbonyl (C=O) groups excluding carboxylic acids is 1. The van der Waals surface area contributed by atoms with E-state index < -0.39 is 0 Å². The van der Waals surface area contributed by atoms with E-state index in [1.54, 1.807) is 18.1 Å². The summed E-state index contributed by atoms with van der Waals surface area (Å²) in [4.78, 5) is 22.3. The first-order valence-electron chi connectivity index (χ1n) is 10.3. The van der Waals surface area contributed by atoms with Gasteiger partial charge in [-0.3, -0.25) is 9.69 Å². The van der Waals surface area contributed by atoms with Gasteiger partial charge in [0, 0.05) is 19.2 Å². The van der Waals surface area contributed by atoms with Crippen LogP contribution in [0.15, 0.2) is 72.8 Å². The molecule has 4 aromatic rings. The minimum atomic E-state index is -0.149. The monoisotopic (exact) mass is 483 g/mol. The average Bonchev–Trinajstić information content (AvgIpc) is 3.22. The molecule has 0 N–H and O–H groups in total. The Labute approximate surface area is 203 Å². The number of amides is 1. The fourth-order valence-electron chi connectivity index (χ4n) is 3.21. The number of hydrogen-bond donors (Lipinski definition) is 0. The number of hydrogen-bond acceptors (Lipinski definition) is 6. The molecule has 0 saturated carbocycles. The lowest BCUT2D eigenvalue weighted by Crippen LogP contribution is -2.36. The number of rotatable bonds is 8. The van der Waals surface area contributed by atoms with Crippen molar-refractivity contribution in [1.82, 2.24) is 9.88 Å². The van der Waals surface area contributed by atoms with Gasteiger partial charge in [0.1, 0.15) is 17.2 Å². The van der Waals surface area contributed by atoms with Gasteiger partial charge in [0.15, 0.2) is 5.13 Å². The number of benzene rings is 3. The highest BCUT2D eigenvalue weighted by Gasteiger charge is 2.24. The van der Waals surface area contributed by atoms with Gasteiger partial charge in [0.2, 0.25) is 0 Å². The van der Waals surface area contributed by atoms with Crippen molar-refractivity contribution in [3.8, 4) is 17.2 Å². The molecule has 0 bridgehead atoms. The number of fused-ring (bicyclic) bond motifs is 1. The third kappa shape index (κ3) is 5.82. The average molecular weight is 484 g/mol. The van der Waals surface area contributed by atoms with E-state index in [0.717, 1.165) is 16.0 Å². The fourth-order valence-corrected chi connectivity index (χ4v) is 4.19. The summed E-state index contributed by atoms with van der Waals surface area (Å²) in [6, 6.07) is 22.5. The van der Waals surface area contributed by atoms with Gasteiger partial charge in [0.25, 0.3) is 5.91 Å². The number of aromatic nitrogens is 1. The lowest BCUT2D eigenvalue weighted by atomic mass is 10.1. The summed E-state index contributed by atoms with van der Waals surface area (Å²) in [7, 11) is 5.60. The largest absolute Gasteiger partial charge is 0.497 e. The van der Waals surface area contributed by atoms with Gasteiger partial charge < -0.3 is 14.4 Å². The van der Waals surface area contributed by atoms with Crippen LogP contribution in [0.2, 0.25) is 0 Å². The molecular formula is C25H26ClN3O3S. The molecule has 1 aromatic heterocycles. The van der Waals surface area contributed by atoms with Gasteiger partial charge in [-0.1, -0.05) is 41.7 Å². The van der Waals surface area contributed by atoms with Crippen LogP contribution < -0.4 is 14.4 Å². The van der Waals surface area contributed by atoms with E-state index >= 15 is 0 Å². The Balaban J connectivity index is 0.00000306. The molecule has 172 valence electrons.